The molecule has 1 heterocycles. The van der Waals surface area contributed by atoms with Crippen LogP contribution in [0, 0.1) is 0 Å². The number of para-hydroxylation sites is 2. The maximum Gasteiger partial charge on any atom is 0.293 e. The minimum Gasteiger partial charge on any atom is -0.497 e. The molecule has 0 saturated heterocycles. The van der Waals surface area contributed by atoms with E-state index in [0.29, 0.717) is 32.0 Å². The summed E-state index contributed by atoms with van der Waals surface area (Å²) in [6, 6.07) is 36.1. The highest BCUT2D eigenvalue weighted by molar-refractivity contribution is 7.48. The highest BCUT2D eigenvalue weighted by Gasteiger charge is 2.30. The van der Waals surface area contributed by atoms with Crippen LogP contribution < -0.4 is 37.5 Å². The monoisotopic (exact) mass is 1030 g/mol. The largest absolute Gasteiger partial charge is 0.497 e. The van der Waals surface area contributed by atoms with Gasteiger partial charge in [0, 0.05) is 50.6 Å². The molecule has 6 aromatic carbocycles. The van der Waals surface area contributed by atoms with Crippen LogP contribution in [0.3, 0.4) is 0 Å². The van der Waals surface area contributed by atoms with Gasteiger partial charge in [-0.1, -0.05) is 119 Å². The second-order valence-corrected chi connectivity index (χ2v) is 25.4. The highest BCUT2D eigenvalue weighted by atomic mass is 31.2. The molecule has 0 saturated carbocycles. The quantitative estimate of drug-likeness (QED) is 0.0773. The SMILES string of the molecule is COc1cc(Cc2cc(OC)cc(C(C)(C)C)c2OCCp2oc3c(C(C)(C)C)cc(OC)cc3c3cc(OC)cc(C(C)(C)C)c3o2)c(OCCP(Oc2ccccc2)Oc2ccccc2)c(C(C)(C)C)c1. The summed E-state index contributed by atoms with van der Waals surface area (Å²) in [5.74, 6) is 6.00. The first-order valence-corrected chi connectivity index (χ1v) is 27.7. The molecule has 0 N–H and O–H groups in total. The molecule has 0 atom stereocenters. The summed E-state index contributed by atoms with van der Waals surface area (Å²) in [4.78, 5) is 0. The first kappa shape index (κ1) is 54.8. The maximum atomic E-state index is 7.14. The molecule has 0 radical (unpaired) electrons. The first-order chi connectivity index (χ1) is 34.5. The van der Waals surface area contributed by atoms with Crippen molar-refractivity contribution in [3.05, 3.63) is 143 Å². The molecule has 0 aliphatic carbocycles. The number of hydrogen-bond acceptors (Lipinski definition) is 10. The van der Waals surface area contributed by atoms with Crippen LogP contribution in [0.5, 0.6) is 46.0 Å². The molecule has 10 nitrogen and oxygen atoms in total. The van der Waals surface area contributed by atoms with Gasteiger partial charge in [0.2, 0.25) is 8.01 Å². The summed E-state index contributed by atoms with van der Waals surface area (Å²) < 4.78 is 65.2. The van der Waals surface area contributed by atoms with E-state index in [1.807, 2.05) is 72.8 Å². The molecule has 0 aliphatic heterocycles. The second kappa shape index (κ2) is 22.7. The summed E-state index contributed by atoms with van der Waals surface area (Å²) in [6.07, 6.45) is 1.43. The lowest BCUT2D eigenvalue weighted by Gasteiger charge is -2.28. The van der Waals surface area contributed by atoms with Crippen LogP contribution in [0.15, 0.2) is 118 Å². The van der Waals surface area contributed by atoms with Crippen LogP contribution in [0.1, 0.15) is 116 Å². The van der Waals surface area contributed by atoms with Crippen LogP contribution >= 0.6 is 16.4 Å². The molecule has 73 heavy (non-hydrogen) atoms. The van der Waals surface area contributed by atoms with Crippen molar-refractivity contribution in [3.63, 3.8) is 0 Å². The van der Waals surface area contributed by atoms with Gasteiger partial charge in [0.15, 0.2) is 0 Å². The third-order valence-corrected chi connectivity index (χ3v) is 15.3. The van der Waals surface area contributed by atoms with Crippen molar-refractivity contribution in [1.29, 1.82) is 0 Å². The Morgan fingerprint density at radius 1 is 0.425 bits per heavy atom. The Morgan fingerprint density at radius 2 is 0.781 bits per heavy atom. The predicted molar refractivity (Wildman–Crippen MR) is 300 cm³/mol. The van der Waals surface area contributed by atoms with E-state index < -0.39 is 16.4 Å². The van der Waals surface area contributed by atoms with Crippen LogP contribution in [-0.2, 0) is 34.2 Å². The first-order valence-electron chi connectivity index (χ1n) is 25.0. The van der Waals surface area contributed by atoms with E-state index in [1.165, 1.54) is 0 Å². The van der Waals surface area contributed by atoms with Gasteiger partial charge >= 0.3 is 0 Å². The van der Waals surface area contributed by atoms with Crippen molar-refractivity contribution < 1.29 is 45.9 Å². The third kappa shape index (κ3) is 13.4. The Bertz CT molecular complexity index is 2900. The lowest BCUT2D eigenvalue weighted by molar-refractivity contribution is 0.313. The lowest BCUT2D eigenvalue weighted by Crippen LogP contribution is -2.18. The molecule has 0 spiro atoms. The van der Waals surface area contributed by atoms with E-state index in [2.05, 4.69) is 119 Å². The molecule has 390 valence electrons. The van der Waals surface area contributed by atoms with Crippen molar-refractivity contribution in [2.45, 2.75) is 117 Å². The number of methoxy groups -OCH3 is 4. The minimum atomic E-state index is -1.59. The van der Waals surface area contributed by atoms with Crippen molar-refractivity contribution in [2.24, 2.45) is 0 Å². The minimum absolute atomic E-state index is 0.282. The second-order valence-electron chi connectivity index (χ2n) is 22.4. The molecule has 7 rings (SSSR count). The summed E-state index contributed by atoms with van der Waals surface area (Å²) in [5, 5.41) is 1.80. The molecular weight excluding hydrogens is 955 g/mol. The Labute approximate surface area is 436 Å². The normalized spacial score (nSPS) is 12.2. The molecule has 12 heteroatoms. The Kier molecular flexibility index (Phi) is 17.0. The van der Waals surface area contributed by atoms with Crippen molar-refractivity contribution in [2.75, 3.05) is 47.8 Å². The molecule has 0 bridgehead atoms. The standard InChI is InChI=1S/C61H76O10P2/c1-58(2,3)50-36-44(62-13)32-40(54(50)66-27-29-72(68-42-23-19-17-20-24-42)69-43-25-21-18-22-26-43)31-41-33-45(63-14)37-51(59(4,5)6)55(41)67-28-30-73-70-56-48(34-46(64-15)38-52(56)60(7,8)9)49-35-47(65-16)39-53(57(49)71-73)61(10,11)12/h17-26,32-39H,27-31H2,1-16H3. The van der Waals surface area contributed by atoms with Gasteiger partial charge in [-0.25, -0.2) is 0 Å². The van der Waals surface area contributed by atoms with Gasteiger partial charge in [-0.3, -0.25) is 0 Å². The Morgan fingerprint density at radius 3 is 1.15 bits per heavy atom. The Hall–Kier alpha value is -5.95. The van der Waals surface area contributed by atoms with Gasteiger partial charge in [0.25, 0.3) is 8.38 Å². The molecule has 7 aromatic rings. The highest BCUT2D eigenvalue weighted by Crippen LogP contribution is 2.48. The fourth-order valence-corrected chi connectivity index (χ4v) is 11.1. The Balaban J connectivity index is 1.31. The molecule has 0 unspecified atom stereocenters. The number of rotatable bonds is 18. The van der Waals surface area contributed by atoms with Gasteiger partial charge in [-0.15, -0.1) is 0 Å². The van der Waals surface area contributed by atoms with Crippen LogP contribution in [-0.4, -0.2) is 47.8 Å². The van der Waals surface area contributed by atoms with Crippen LogP contribution in [0.25, 0.3) is 21.9 Å². The number of benzene rings is 6. The molecular formula is C61H76O10P2. The van der Waals surface area contributed by atoms with Crippen LogP contribution in [0.4, 0.5) is 0 Å². The molecule has 1 aromatic heterocycles. The van der Waals surface area contributed by atoms with Gasteiger partial charge in [-0.2, -0.15) is 0 Å². The van der Waals surface area contributed by atoms with E-state index in [4.69, 9.17) is 45.9 Å². The van der Waals surface area contributed by atoms with E-state index >= 15 is 0 Å². The lowest BCUT2D eigenvalue weighted by atomic mass is 9.82. The molecule has 0 aliphatic rings. The molecule has 0 fully saturated rings. The summed E-state index contributed by atoms with van der Waals surface area (Å²) in [7, 11) is 3.80. The van der Waals surface area contributed by atoms with E-state index in [9.17, 15) is 0 Å². The zero-order valence-electron chi connectivity index (χ0n) is 45.9. The number of ether oxygens (including phenoxy) is 6. The maximum absolute atomic E-state index is 7.14. The van der Waals surface area contributed by atoms with E-state index in [1.54, 1.807) is 28.4 Å². The predicted octanol–water partition coefficient (Wildman–Crippen LogP) is 17.0. The van der Waals surface area contributed by atoms with Crippen LogP contribution in [0.2, 0.25) is 0 Å². The van der Waals surface area contributed by atoms with Crippen molar-refractivity contribution >= 4 is 38.3 Å². The van der Waals surface area contributed by atoms with E-state index in [-0.39, 0.29) is 21.7 Å². The smallest absolute Gasteiger partial charge is 0.293 e. The fraction of sp³-hybridized carbons (Fsp3) is 0.410. The number of fused-ring (bicyclic) bond motifs is 3. The summed E-state index contributed by atoms with van der Waals surface area (Å²) in [5.41, 5.74) is 6.33. The zero-order chi connectivity index (χ0) is 52.9. The number of hydrogen-bond donors (Lipinski definition) is 0. The van der Waals surface area contributed by atoms with Crippen molar-refractivity contribution in [1.82, 2.24) is 0 Å². The fourth-order valence-electron chi connectivity index (χ4n) is 8.70. The zero-order valence-corrected chi connectivity index (χ0v) is 47.7. The van der Waals surface area contributed by atoms with Crippen molar-refractivity contribution in [3.8, 4) is 46.0 Å². The average molecular weight is 1030 g/mol. The van der Waals surface area contributed by atoms with Gasteiger partial charge in [0.05, 0.1) is 47.4 Å². The topological polar surface area (TPSA) is 100 Å². The summed E-state index contributed by atoms with van der Waals surface area (Å²) in [6.45, 7) is 27.0. The van der Waals surface area contributed by atoms with Gasteiger partial charge in [0.1, 0.15) is 63.8 Å². The van der Waals surface area contributed by atoms with Gasteiger partial charge < -0.3 is 45.9 Å². The average Bonchev–Trinajstić information content (AvgIpc) is 3.49. The summed E-state index contributed by atoms with van der Waals surface area (Å²) >= 11 is 0. The molecule has 0 amide bonds. The third-order valence-electron chi connectivity index (χ3n) is 12.6. The van der Waals surface area contributed by atoms with E-state index in [0.717, 1.165) is 101 Å². The van der Waals surface area contributed by atoms with Gasteiger partial charge in [-0.05, 0) is 94.5 Å².